The van der Waals surface area contributed by atoms with E-state index in [0.29, 0.717) is 28.7 Å². The lowest BCUT2D eigenvalue weighted by atomic mass is 9.93. The smallest absolute Gasteiger partial charge is 0.347 e. The fourth-order valence-corrected chi connectivity index (χ4v) is 3.55. The number of carbonyl (C=O) groups is 2. The zero-order chi connectivity index (χ0) is 23.1. The molecule has 0 fully saturated rings. The first-order valence-corrected chi connectivity index (χ1v) is 10.8. The molecule has 168 valence electrons. The van der Waals surface area contributed by atoms with Crippen LogP contribution in [0.1, 0.15) is 37.9 Å². The highest BCUT2D eigenvalue weighted by Gasteiger charge is 2.33. The third kappa shape index (κ3) is 5.45. The largest absolute Gasteiger partial charge is 0.479 e. The van der Waals surface area contributed by atoms with E-state index >= 15 is 0 Å². The molecule has 0 radical (unpaired) electrons. The monoisotopic (exact) mass is 454 g/mol. The second kappa shape index (κ2) is 10.8. The van der Waals surface area contributed by atoms with Gasteiger partial charge in [-0.25, -0.2) is 9.59 Å². The summed E-state index contributed by atoms with van der Waals surface area (Å²) in [6, 6.07) is 16.1. The summed E-state index contributed by atoms with van der Waals surface area (Å²) in [7, 11) is 0. The molecule has 32 heavy (non-hydrogen) atoms. The van der Waals surface area contributed by atoms with Gasteiger partial charge in [-0.3, -0.25) is 0 Å². The van der Waals surface area contributed by atoms with Crippen molar-refractivity contribution in [3.63, 3.8) is 0 Å². The molecule has 8 heteroatoms. The van der Waals surface area contributed by atoms with Gasteiger partial charge in [-0.1, -0.05) is 42.5 Å². The highest BCUT2D eigenvalue weighted by atomic mass is 32.1. The molecule has 2 aromatic carbocycles. The maximum atomic E-state index is 12.9. The molecule has 1 heterocycles. The van der Waals surface area contributed by atoms with E-state index in [2.05, 4.69) is 10.6 Å². The Morgan fingerprint density at radius 3 is 2.28 bits per heavy atom. The van der Waals surface area contributed by atoms with Crippen LogP contribution in [0.3, 0.4) is 0 Å². The number of esters is 2. The van der Waals surface area contributed by atoms with Gasteiger partial charge in [-0.2, -0.15) is 0 Å². The summed E-state index contributed by atoms with van der Waals surface area (Å²) in [6.07, 6.45) is -0.731. The minimum absolute atomic E-state index is 0.250. The first-order chi connectivity index (χ1) is 15.4. The minimum atomic E-state index is -0.731. The average molecular weight is 455 g/mol. The van der Waals surface area contributed by atoms with Gasteiger partial charge in [0.25, 0.3) is 0 Å². The van der Waals surface area contributed by atoms with Crippen molar-refractivity contribution >= 4 is 35.0 Å². The van der Waals surface area contributed by atoms with E-state index in [1.54, 1.807) is 32.9 Å². The van der Waals surface area contributed by atoms with Crippen LogP contribution in [0, 0.1) is 0 Å². The lowest BCUT2D eigenvalue weighted by Crippen LogP contribution is -2.45. The van der Waals surface area contributed by atoms with Crippen molar-refractivity contribution in [2.45, 2.75) is 32.9 Å². The first-order valence-electron chi connectivity index (χ1n) is 10.4. The first kappa shape index (κ1) is 23.3. The Kier molecular flexibility index (Phi) is 7.83. The van der Waals surface area contributed by atoms with E-state index in [-0.39, 0.29) is 6.61 Å². The van der Waals surface area contributed by atoms with Crippen LogP contribution in [-0.2, 0) is 19.1 Å². The number of hydrogen-bond donors (Lipinski definition) is 2. The third-order valence-electron chi connectivity index (χ3n) is 4.77. The van der Waals surface area contributed by atoms with Crippen molar-refractivity contribution in [2.75, 3.05) is 13.2 Å². The van der Waals surface area contributed by atoms with E-state index in [1.807, 2.05) is 42.5 Å². The highest BCUT2D eigenvalue weighted by Crippen LogP contribution is 2.32. The molecule has 2 N–H and O–H groups in total. The molecule has 1 aliphatic heterocycles. The van der Waals surface area contributed by atoms with Crippen molar-refractivity contribution in [3.05, 3.63) is 71.3 Å². The number of carbonyl (C=O) groups excluding carboxylic acids is 2. The number of nitrogens with one attached hydrogen (secondary N) is 2. The second-order valence-electron chi connectivity index (χ2n) is 6.99. The average Bonchev–Trinajstić information content (AvgIpc) is 2.80. The van der Waals surface area contributed by atoms with Crippen molar-refractivity contribution in [3.8, 4) is 5.75 Å². The molecule has 2 unspecified atom stereocenters. The molecule has 3 rings (SSSR count). The lowest BCUT2D eigenvalue weighted by molar-refractivity contribution is -0.150. The second-order valence-corrected chi connectivity index (χ2v) is 7.40. The van der Waals surface area contributed by atoms with E-state index in [0.717, 1.165) is 11.1 Å². The van der Waals surface area contributed by atoms with Gasteiger partial charge in [0, 0.05) is 0 Å². The quantitative estimate of drug-likeness (QED) is 0.463. The van der Waals surface area contributed by atoms with Gasteiger partial charge in [0.05, 0.1) is 30.5 Å². The van der Waals surface area contributed by atoms with Crippen molar-refractivity contribution < 1.29 is 23.8 Å². The van der Waals surface area contributed by atoms with Crippen LogP contribution in [0.15, 0.2) is 60.2 Å². The highest BCUT2D eigenvalue weighted by molar-refractivity contribution is 7.80. The van der Waals surface area contributed by atoms with Gasteiger partial charge in [0.2, 0.25) is 0 Å². The summed E-state index contributed by atoms with van der Waals surface area (Å²) < 4.78 is 16.0. The van der Waals surface area contributed by atoms with Gasteiger partial charge in [0.15, 0.2) is 11.2 Å². The Hall–Kier alpha value is -3.39. The number of benzene rings is 2. The Labute approximate surface area is 192 Å². The Morgan fingerprint density at radius 2 is 1.66 bits per heavy atom. The predicted octanol–water partition coefficient (Wildman–Crippen LogP) is 3.51. The Balaban J connectivity index is 1.94. The van der Waals surface area contributed by atoms with Crippen LogP contribution >= 0.6 is 12.2 Å². The van der Waals surface area contributed by atoms with Gasteiger partial charge < -0.3 is 24.8 Å². The van der Waals surface area contributed by atoms with E-state index in [1.165, 1.54) is 0 Å². The zero-order valence-corrected chi connectivity index (χ0v) is 19.0. The topological polar surface area (TPSA) is 85.9 Å². The summed E-state index contributed by atoms with van der Waals surface area (Å²) in [4.78, 5) is 24.8. The van der Waals surface area contributed by atoms with Crippen LogP contribution in [0.25, 0.3) is 5.70 Å². The standard InChI is InChI=1S/C24H26N2O5S/c1-4-29-22(27)15(3)31-18-13-11-17(12-14-18)21-19(23(28)30-5-2)20(25-24(32)26-21)16-9-7-6-8-10-16/h6-15,21H,4-5H2,1-3H3,(H2,25,26,32). The van der Waals surface area contributed by atoms with Crippen LogP contribution in [0.2, 0.25) is 0 Å². The Bertz CT molecular complexity index is 1000. The van der Waals surface area contributed by atoms with Crippen LogP contribution in [0.5, 0.6) is 5.75 Å². The molecule has 0 saturated carbocycles. The molecule has 0 aromatic heterocycles. The molecule has 0 amide bonds. The Morgan fingerprint density at radius 1 is 1.00 bits per heavy atom. The molecule has 1 aliphatic rings. The SMILES string of the molecule is CCOC(=O)C1=C(c2ccccc2)NC(=S)NC1c1ccc(OC(C)C(=O)OCC)cc1. The predicted molar refractivity (Wildman–Crippen MR) is 125 cm³/mol. The molecule has 2 atom stereocenters. The fraction of sp³-hybridized carbons (Fsp3) is 0.292. The third-order valence-corrected chi connectivity index (χ3v) is 4.99. The minimum Gasteiger partial charge on any atom is -0.479 e. The summed E-state index contributed by atoms with van der Waals surface area (Å²) in [5.41, 5.74) is 2.66. The van der Waals surface area contributed by atoms with Gasteiger partial charge in [-0.15, -0.1) is 0 Å². The molecule has 0 spiro atoms. The van der Waals surface area contributed by atoms with Gasteiger partial charge >= 0.3 is 11.9 Å². The van der Waals surface area contributed by atoms with Crippen LogP contribution < -0.4 is 15.4 Å². The normalized spacial score (nSPS) is 16.5. The van der Waals surface area contributed by atoms with Crippen LogP contribution in [-0.4, -0.2) is 36.4 Å². The molecule has 0 aliphatic carbocycles. The van der Waals surface area contributed by atoms with E-state index in [4.69, 9.17) is 26.4 Å². The molecule has 2 aromatic rings. The summed E-state index contributed by atoms with van der Waals surface area (Å²) in [5, 5.41) is 6.67. The van der Waals surface area contributed by atoms with E-state index in [9.17, 15) is 9.59 Å². The molecule has 0 bridgehead atoms. The lowest BCUT2D eigenvalue weighted by Gasteiger charge is -2.31. The zero-order valence-electron chi connectivity index (χ0n) is 18.2. The summed E-state index contributed by atoms with van der Waals surface area (Å²) in [6.45, 7) is 5.68. The summed E-state index contributed by atoms with van der Waals surface area (Å²) >= 11 is 5.42. The van der Waals surface area contributed by atoms with Crippen molar-refractivity contribution in [1.82, 2.24) is 10.6 Å². The van der Waals surface area contributed by atoms with Crippen LogP contribution in [0.4, 0.5) is 0 Å². The fourth-order valence-electron chi connectivity index (χ4n) is 3.33. The maximum absolute atomic E-state index is 12.9. The van der Waals surface area contributed by atoms with Gasteiger partial charge in [0.1, 0.15) is 5.75 Å². The maximum Gasteiger partial charge on any atom is 0.347 e. The van der Waals surface area contributed by atoms with Crippen molar-refractivity contribution in [1.29, 1.82) is 0 Å². The van der Waals surface area contributed by atoms with Gasteiger partial charge in [-0.05, 0) is 56.2 Å². The molecule has 0 saturated heterocycles. The molecule has 7 nitrogen and oxygen atoms in total. The van der Waals surface area contributed by atoms with E-state index < -0.39 is 24.1 Å². The summed E-state index contributed by atoms with van der Waals surface area (Å²) in [5.74, 6) is -0.354. The number of thiocarbonyl (C=S) groups is 1. The number of rotatable bonds is 8. The molecular weight excluding hydrogens is 428 g/mol. The number of hydrogen-bond acceptors (Lipinski definition) is 6. The number of ether oxygens (including phenoxy) is 3. The molecular formula is C24H26N2O5S. The van der Waals surface area contributed by atoms with Crippen molar-refractivity contribution in [2.24, 2.45) is 0 Å².